The van der Waals surface area contributed by atoms with Gasteiger partial charge in [0, 0.05) is 0 Å². The highest BCUT2D eigenvalue weighted by Gasteiger charge is 2.18. The van der Waals surface area contributed by atoms with Crippen molar-refractivity contribution in [3.8, 4) is 0 Å². The zero-order valence-corrected chi connectivity index (χ0v) is 8.52. The van der Waals surface area contributed by atoms with Gasteiger partial charge in [-0.2, -0.15) is 0 Å². The van der Waals surface area contributed by atoms with Crippen LogP contribution < -0.4 is 0 Å². The van der Waals surface area contributed by atoms with E-state index in [1.165, 1.54) is 6.07 Å². The van der Waals surface area contributed by atoms with Crippen LogP contribution in [0.5, 0.6) is 0 Å². The summed E-state index contributed by atoms with van der Waals surface area (Å²) < 4.78 is 0.444. The fourth-order valence-electron chi connectivity index (χ4n) is 0.809. The molecule has 0 aliphatic carbocycles. The van der Waals surface area contributed by atoms with Gasteiger partial charge in [-0.1, -0.05) is 17.7 Å². The summed E-state index contributed by atoms with van der Waals surface area (Å²) in [6.45, 7) is 1.77. The second-order valence-corrected chi connectivity index (χ2v) is 3.48. The molecule has 0 heterocycles. The van der Waals surface area contributed by atoms with Gasteiger partial charge in [0.1, 0.15) is 5.02 Å². The van der Waals surface area contributed by atoms with E-state index in [1.807, 2.05) is 0 Å². The molecule has 0 unspecified atom stereocenters. The number of rotatable bonds is 1. The Hall–Kier alpha value is -0.610. The molecule has 1 rings (SSSR count). The number of halogens is 2. The lowest BCUT2D eigenvalue weighted by Crippen LogP contribution is -1.92. The molecule has 5 heteroatoms. The zero-order valence-electron chi connectivity index (χ0n) is 6.17. The van der Waals surface area contributed by atoms with Crippen molar-refractivity contribution >= 4 is 33.2 Å². The molecule has 1 aromatic rings. The van der Waals surface area contributed by atoms with E-state index in [9.17, 15) is 10.1 Å². The molecule has 0 aliphatic rings. The Morgan fingerprint density at radius 2 is 2.17 bits per heavy atom. The Morgan fingerprint density at radius 3 is 2.58 bits per heavy atom. The average Bonchev–Trinajstić information content (AvgIpc) is 1.97. The van der Waals surface area contributed by atoms with Crippen molar-refractivity contribution in [1.29, 1.82) is 0 Å². The normalized spacial score (nSPS) is 9.92. The Labute approximate surface area is 82.6 Å². The first-order valence-corrected chi connectivity index (χ1v) is 4.30. The maximum absolute atomic E-state index is 10.5. The van der Waals surface area contributed by atoms with Crippen LogP contribution in [0, 0.1) is 17.0 Å². The number of hydrogen-bond acceptors (Lipinski definition) is 2. The van der Waals surface area contributed by atoms with Gasteiger partial charge in [0.25, 0.3) is 0 Å². The predicted octanol–water partition coefficient (Wildman–Crippen LogP) is 3.32. The van der Waals surface area contributed by atoms with Crippen LogP contribution >= 0.6 is 27.5 Å². The molecule has 0 fully saturated rings. The molecule has 0 atom stereocenters. The molecule has 0 N–H and O–H groups in total. The van der Waals surface area contributed by atoms with Crippen molar-refractivity contribution in [3.63, 3.8) is 0 Å². The van der Waals surface area contributed by atoms with Gasteiger partial charge >= 0.3 is 5.69 Å². The average molecular weight is 250 g/mol. The van der Waals surface area contributed by atoms with Crippen LogP contribution in [0.1, 0.15) is 5.56 Å². The van der Waals surface area contributed by atoms with E-state index in [-0.39, 0.29) is 10.7 Å². The first kappa shape index (κ1) is 9.48. The predicted molar refractivity (Wildman–Crippen MR) is 50.5 cm³/mol. The molecule has 0 radical (unpaired) electrons. The molecule has 0 amide bonds. The number of aryl methyl sites for hydroxylation is 1. The fraction of sp³-hybridized carbons (Fsp3) is 0.143. The lowest BCUT2D eigenvalue weighted by Gasteiger charge is -2.00. The molecule has 0 aliphatic heterocycles. The van der Waals surface area contributed by atoms with E-state index in [4.69, 9.17) is 11.6 Å². The largest absolute Gasteiger partial charge is 0.302 e. The van der Waals surface area contributed by atoms with Gasteiger partial charge < -0.3 is 0 Å². The number of nitro groups is 1. The second-order valence-electron chi connectivity index (χ2n) is 2.28. The number of hydrogen-bond donors (Lipinski definition) is 0. The van der Waals surface area contributed by atoms with Crippen LogP contribution in [0.2, 0.25) is 5.02 Å². The molecule has 0 spiro atoms. The number of nitrogens with zero attached hydrogens (tertiary/aromatic N) is 1. The van der Waals surface area contributed by atoms with Crippen molar-refractivity contribution in [2.75, 3.05) is 0 Å². The summed E-state index contributed by atoms with van der Waals surface area (Å²) in [5.74, 6) is 0. The molecular formula is C7H5BrClNO2. The Kier molecular flexibility index (Phi) is 2.69. The van der Waals surface area contributed by atoms with E-state index in [0.717, 1.165) is 5.56 Å². The van der Waals surface area contributed by atoms with E-state index >= 15 is 0 Å². The molecule has 64 valence electrons. The summed E-state index contributed by atoms with van der Waals surface area (Å²) in [4.78, 5) is 9.99. The summed E-state index contributed by atoms with van der Waals surface area (Å²) in [7, 11) is 0. The lowest BCUT2D eigenvalue weighted by molar-refractivity contribution is -0.385. The second kappa shape index (κ2) is 3.41. The van der Waals surface area contributed by atoms with Gasteiger partial charge in [0.05, 0.1) is 9.40 Å². The van der Waals surface area contributed by atoms with Crippen molar-refractivity contribution < 1.29 is 4.92 Å². The molecule has 0 saturated carbocycles. The summed E-state index contributed by atoms with van der Waals surface area (Å²) in [5.41, 5.74) is 0.725. The minimum Gasteiger partial charge on any atom is -0.258 e. The van der Waals surface area contributed by atoms with Gasteiger partial charge in [-0.05, 0) is 34.5 Å². The summed E-state index contributed by atoms with van der Waals surface area (Å²) in [5, 5.41) is 10.6. The first-order chi connectivity index (χ1) is 5.54. The van der Waals surface area contributed by atoms with E-state index in [1.54, 1.807) is 13.0 Å². The third-order valence-corrected chi connectivity index (χ3v) is 2.75. The molecule has 1 aromatic carbocycles. The van der Waals surface area contributed by atoms with Crippen LogP contribution in [0.4, 0.5) is 5.69 Å². The van der Waals surface area contributed by atoms with Crippen LogP contribution in [0.3, 0.4) is 0 Å². The van der Waals surface area contributed by atoms with Crippen molar-refractivity contribution in [2.24, 2.45) is 0 Å². The van der Waals surface area contributed by atoms with E-state index < -0.39 is 4.92 Å². The highest BCUT2D eigenvalue weighted by Crippen LogP contribution is 2.34. The lowest BCUT2D eigenvalue weighted by atomic mass is 10.2. The van der Waals surface area contributed by atoms with E-state index in [0.29, 0.717) is 4.47 Å². The minimum absolute atomic E-state index is 0.0725. The highest BCUT2D eigenvalue weighted by atomic mass is 79.9. The fourth-order valence-corrected chi connectivity index (χ4v) is 1.64. The van der Waals surface area contributed by atoms with Crippen LogP contribution in [-0.2, 0) is 0 Å². The van der Waals surface area contributed by atoms with Gasteiger partial charge in [0.2, 0.25) is 0 Å². The monoisotopic (exact) mass is 249 g/mol. The number of nitro benzene ring substituents is 1. The summed E-state index contributed by atoms with van der Waals surface area (Å²) >= 11 is 8.73. The Morgan fingerprint density at radius 1 is 1.58 bits per heavy atom. The summed E-state index contributed by atoms with van der Waals surface area (Å²) in [6, 6.07) is 3.24. The third-order valence-electron chi connectivity index (χ3n) is 1.44. The van der Waals surface area contributed by atoms with Crippen molar-refractivity contribution in [3.05, 3.63) is 37.3 Å². The first-order valence-electron chi connectivity index (χ1n) is 3.13. The SMILES string of the molecule is Cc1ccc(Cl)c([N+](=O)[O-])c1Br. The molecule has 12 heavy (non-hydrogen) atoms. The summed E-state index contributed by atoms with van der Waals surface area (Å²) in [6.07, 6.45) is 0. The van der Waals surface area contributed by atoms with Gasteiger partial charge in [0.15, 0.2) is 0 Å². The number of benzene rings is 1. The van der Waals surface area contributed by atoms with Gasteiger partial charge in [-0.15, -0.1) is 0 Å². The maximum atomic E-state index is 10.5. The third kappa shape index (κ3) is 1.59. The van der Waals surface area contributed by atoms with Crippen LogP contribution in [0.15, 0.2) is 16.6 Å². The molecule has 0 bridgehead atoms. The quantitative estimate of drug-likeness (QED) is 0.567. The van der Waals surface area contributed by atoms with Gasteiger partial charge in [-0.3, -0.25) is 10.1 Å². The van der Waals surface area contributed by atoms with Gasteiger partial charge in [-0.25, -0.2) is 0 Å². The topological polar surface area (TPSA) is 43.1 Å². The molecule has 0 aromatic heterocycles. The smallest absolute Gasteiger partial charge is 0.258 e. The Bertz CT molecular complexity index is 340. The van der Waals surface area contributed by atoms with Crippen molar-refractivity contribution in [2.45, 2.75) is 6.92 Å². The Balaban J connectivity index is 3.43. The van der Waals surface area contributed by atoms with E-state index in [2.05, 4.69) is 15.9 Å². The maximum Gasteiger partial charge on any atom is 0.302 e. The van der Waals surface area contributed by atoms with Crippen LogP contribution in [0.25, 0.3) is 0 Å². The van der Waals surface area contributed by atoms with Crippen LogP contribution in [-0.4, -0.2) is 4.92 Å². The van der Waals surface area contributed by atoms with Crippen molar-refractivity contribution in [1.82, 2.24) is 0 Å². The minimum atomic E-state index is -0.501. The molecular weight excluding hydrogens is 245 g/mol. The molecule has 0 saturated heterocycles. The molecule has 3 nitrogen and oxygen atoms in total. The highest BCUT2D eigenvalue weighted by molar-refractivity contribution is 9.10. The standard InChI is InChI=1S/C7H5BrClNO2/c1-4-2-3-5(9)7(6(4)8)10(11)12/h2-3H,1H3. The zero-order chi connectivity index (χ0) is 9.30.